The number of carboxylic acids is 1. The number of carbonyl (C=O) groups is 3. The van der Waals surface area contributed by atoms with E-state index in [-0.39, 0.29) is 31.3 Å². The lowest BCUT2D eigenvalue weighted by atomic mass is 10.0. The minimum Gasteiger partial charge on any atom is -0.481 e. The molecule has 0 saturated carbocycles. The molecule has 3 heterocycles. The Hall–Kier alpha value is -4.24. The summed E-state index contributed by atoms with van der Waals surface area (Å²) in [6, 6.07) is 17.4. The molecule has 9 heteroatoms. The second kappa shape index (κ2) is 14.1. The number of ether oxygens (including phenoxy) is 1. The van der Waals surface area contributed by atoms with E-state index < -0.39 is 12.1 Å². The highest BCUT2D eigenvalue weighted by atomic mass is 16.5. The first kappa shape index (κ1) is 29.3. The van der Waals surface area contributed by atoms with E-state index in [1.807, 2.05) is 30.3 Å². The number of pyridine rings is 1. The Morgan fingerprint density at radius 2 is 1.79 bits per heavy atom. The number of hydrogen-bond acceptors (Lipinski definition) is 6. The highest BCUT2D eigenvalue weighted by molar-refractivity contribution is 5.98. The summed E-state index contributed by atoms with van der Waals surface area (Å²) in [5.74, 6) is -1.34. The van der Waals surface area contributed by atoms with Gasteiger partial charge in [0.05, 0.1) is 23.4 Å². The van der Waals surface area contributed by atoms with Crippen molar-refractivity contribution in [2.24, 2.45) is 0 Å². The van der Waals surface area contributed by atoms with Gasteiger partial charge in [-0.3, -0.25) is 19.4 Å². The lowest BCUT2D eigenvalue weighted by molar-refractivity contribution is -0.137. The van der Waals surface area contributed by atoms with E-state index in [0.717, 1.165) is 66.8 Å². The first-order valence-corrected chi connectivity index (χ1v) is 14.8. The average Bonchev–Trinajstić information content (AvgIpc) is 3.43. The summed E-state index contributed by atoms with van der Waals surface area (Å²) in [6.07, 6.45) is 8.79. The van der Waals surface area contributed by atoms with Crippen LogP contribution in [0.4, 0.5) is 11.4 Å². The maximum Gasteiger partial charge on any atom is 0.305 e. The number of nitrogens with one attached hydrogen (secondary N) is 1. The Balaban J connectivity index is 1.41. The second-order valence-corrected chi connectivity index (χ2v) is 10.9. The minimum absolute atomic E-state index is 0.0806. The lowest BCUT2D eigenvalue weighted by Gasteiger charge is -2.26. The van der Waals surface area contributed by atoms with Crippen molar-refractivity contribution in [3.63, 3.8) is 0 Å². The minimum atomic E-state index is -0.963. The van der Waals surface area contributed by atoms with Gasteiger partial charge in [0.25, 0.3) is 11.8 Å². The van der Waals surface area contributed by atoms with Crippen molar-refractivity contribution in [1.29, 1.82) is 0 Å². The fourth-order valence-corrected chi connectivity index (χ4v) is 5.63. The number of carbonyl (C=O) groups excluding carboxylic acids is 2. The normalized spacial score (nSPS) is 17.0. The van der Waals surface area contributed by atoms with Crippen molar-refractivity contribution in [3.05, 3.63) is 78.1 Å². The zero-order chi connectivity index (χ0) is 29.3. The highest BCUT2D eigenvalue weighted by Gasteiger charge is 2.25. The third-order valence-electron chi connectivity index (χ3n) is 7.85. The van der Waals surface area contributed by atoms with Gasteiger partial charge in [0, 0.05) is 45.2 Å². The molecule has 5 rings (SSSR count). The van der Waals surface area contributed by atoms with Crippen LogP contribution >= 0.6 is 0 Å². The molecule has 1 unspecified atom stereocenters. The second-order valence-electron chi connectivity index (χ2n) is 10.9. The first-order valence-electron chi connectivity index (χ1n) is 14.8. The fourth-order valence-electron chi connectivity index (χ4n) is 5.63. The molecule has 2 aliphatic heterocycles. The van der Waals surface area contributed by atoms with E-state index in [4.69, 9.17) is 4.74 Å². The van der Waals surface area contributed by atoms with Gasteiger partial charge in [0.2, 0.25) is 0 Å². The van der Waals surface area contributed by atoms with Gasteiger partial charge in [-0.2, -0.15) is 0 Å². The summed E-state index contributed by atoms with van der Waals surface area (Å²) >= 11 is 0. The van der Waals surface area contributed by atoms with Crippen molar-refractivity contribution >= 4 is 29.2 Å². The predicted octanol–water partition coefficient (Wildman–Crippen LogP) is 5.36. The summed E-state index contributed by atoms with van der Waals surface area (Å²) in [6.45, 7) is 2.85. The van der Waals surface area contributed by atoms with Crippen LogP contribution in [-0.4, -0.2) is 65.1 Å². The molecule has 2 aromatic carbocycles. The fraction of sp³-hybridized carbons (Fsp3) is 0.394. The zero-order valence-electron chi connectivity index (χ0n) is 23.8. The molecule has 2 N–H and O–H groups in total. The Bertz CT molecular complexity index is 1380. The van der Waals surface area contributed by atoms with Crippen LogP contribution in [0, 0.1) is 0 Å². The van der Waals surface area contributed by atoms with E-state index >= 15 is 0 Å². The first-order chi connectivity index (χ1) is 20.5. The van der Waals surface area contributed by atoms with Crippen molar-refractivity contribution in [2.45, 2.75) is 57.6 Å². The molecule has 0 aliphatic carbocycles. The van der Waals surface area contributed by atoms with Gasteiger partial charge in [-0.05, 0) is 72.7 Å². The van der Waals surface area contributed by atoms with Gasteiger partial charge in [-0.15, -0.1) is 0 Å². The van der Waals surface area contributed by atoms with E-state index in [0.29, 0.717) is 12.2 Å². The van der Waals surface area contributed by atoms with Crippen molar-refractivity contribution < 1.29 is 24.2 Å². The smallest absolute Gasteiger partial charge is 0.305 e. The Kier molecular flexibility index (Phi) is 9.82. The highest BCUT2D eigenvalue weighted by Crippen LogP contribution is 2.34. The third-order valence-corrected chi connectivity index (χ3v) is 7.85. The average molecular weight is 571 g/mol. The molecule has 42 heavy (non-hydrogen) atoms. The molecule has 2 fully saturated rings. The standard InChI is InChI=1S/C33H38N4O5/c38-31(39)14-18-37(33(41)27-10-6-15-34-22-27)23-24-8-5-9-25(20-24)26-12-13-29(36-16-3-1-2-4-17-36)28(21-26)35-32(40)30-11-7-19-42-30/h5-6,8-10,12-13,15,20-22,30H,1-4,7,11,14,16-19,23H2,(H,35,40)(H,38,39). The van der Waals surface area contributed by atoms with Gasteiger partial charge < -0.3 is 25.0 Å². The topological polar surface area (TPSA) is 112 Å². The Morgan fingerprint density at radius 3 is 2.50 bits per heavy atom. The number of nitrogens with zero attached hydrogens (tertiary/aromatic N) is 3. The van der Waals surface area contributed by atoms with Crippen LogP contribution in [0.15, 0.2) is 67.0 Å². The summed E-state index contributed by atoms with van der Waals surface area (Å²) in [5, 5.41) is 12.4. The van der Waals surface area contributed by atoms with Crippen LogP contribution in [0.1, 0.15) is 60.9 Å². The van der Waals surface area contributed by atoms with Gasteiger partial charge in [-0.25, -0.2) is 0 Å². The maximum atomic E-state index is 13.2. The molecule has 0 bridgehead atoms. The van der Waals surface area contributed by atoms with Crippen LogP contribution in [0.5, 0.6) is 0 Å². The SMILES string of the molecule is O=C(O)CCN(Cc1cccc(-c2ccc(N3CCCCCC3)c(NC(=O)C3CCCO3)c2)c1)C(=O)c1cccnc1. The molecule has 1 atom stereocenters. The van der Waals surface area contributed by atoms with E-state index in [2.05, 4.69) is 27.3 Å². The van der Waals surface area contributed by atoms with Crippen LogP contribution in [0.2, 0.25) is 0 Å². The summed E-state index contributed by atoms with van der Waals surface area (Å²) in [5.41, 5.74) is 4.95. The number of anilines is 2. The van der Waals surface area contributed by atoms with Crippen LogP contribution < -0.4 is 10.2 Å². The third kappa shape index (κ3) is 7.53. The number of amides is 2. The van der Waals surface area contributed by atoms with Gasteiger partial charge in [0.1, 0.15) is 6.10 Å². The van der Waals surface area contributed by atoms with Crippen LogP contribution in [0.3, 0.4) is 0 Å². The molecule has 2 saturated heterocycles. The summed E-state index contributed by atoms with van der Waals surface area (Å²) in [7, 11) is 0. The molecular formula is C33H38N4O5. The Labute approximate surface area is 246 Å². The number of aliphatic carboxylic acids is 1. The molecule has 9 nitrogen and oxygen atoms in total. The van der Waals surface area contributed by atoms with Crippen molar-refractivity contribution in [3.8, 4) is 11.1 Å². The van der Waals surface area contributed by atoms with Crippen LogP contribution in [0.25, 0.3) is 11.1 Å². The van der Waals surface area contributed by atoms with E-state index in [9.17, 15) is 19.5 Å². The summed E-state index contributed by atoms with van der Waals surface area (Å²) < 4.78 is 5.65. The molecule has 2 amide bonds. The van der Waals surface area contributed by atoms with Gasteiger partial charge in [0.15, 0.2) is 0 Å². The van der Waals surface area contributed by atoms with E-state index in [1.165, 1.54) is 19.0 Å². The molecule has 2 aliphatic rings. The lowest BCUT2D eigenvalue weighted by Crippen LogP contribution is -2.32. The number of hydrogen-bond donors (Lipinski definition) is 2. The Morgan fingerprint density at radius 1 is 0.976 bits per heavy atom. The molecule has 0 radical (unpaired) electrons. The number of carboxylic acid groups (broad SMARTS) is 1. The van der Waals surface area contributed by atoms with Crippen molar-refractivity contribution in [2.75, 3.05) is 36.5 Å². The molecular weight excluding hydrogens is 532 g/mol. The molecule has 1 aromatic heterocycles. The molecule has 220 valence electrons. The summed E-state index contributed by atoms with van der Waals surface area (Å²) in [4.78, 5) is 45.6. The molecule has 3 aromatic rings. The quantitative estimate of drug-likeness (QED) is 0.337. The number of rotatable bonds is 10. The maximum absolute atomic E-state index is 13.2. The van der Waals surface area contributed by atoms with Gasteiger partial charge in [-0.1, -0.05) is 37.1 Å². The number of benzene rings is 2. The van der Waals surface area contributed by atoms with Crippen LogP contribution in [-0.2, 0) is 20.9 Å². The zero-order valence-corrected chi connectivity index (χ0v) is 23.8. The largest absolute Gasteiger partial charge is 0.481 e. The predicted molar refractivity (Wildman–Crippen MR) is 161 cm³/mol. The molecule has 0 spiro atoms. The number of aromatic nitrogens is 1. The van der Waals surface area contributed by atoms with Crippen molar-refractivity contribution in [1.82, 2.24) is 9.88 Å². The monoisotopic (exact) mass is 570 g/mol. The van der Waals surface area contributed by atoms with Gasteiger partial charge >= 0.3 is 5.97 Å². The van der Waals surface area contributed by atoms with E-state index in [1.54, 1.807) is 23.2 Å².